The first-order valence-electron chi connectivity index (χ1n) is 5.54. The molecular formula is C10H18N4O4. The molecule has 8 nitrogen and oxygen atoms in total. The van der Waals surface area contributed by atoms with Crippen LogP contribution in [0.3, 0.4) is 0 Å². The fourth-order valence-corrected chi connectivity index (χ4v) is 1.54. The summed E-state index contributed by atoms with van der Waals surface area (Å²) >= 11 is 0. The lowest BCUT2D eigenvalue weighted by Crippen LogP contribution is -2.31. The summed E-state index contributed by atoms with van der Waals surface area (Å²) in [7, 11) is 3.16. The van der Waals surface area contributed by atoms with Crippen LogP contribution in [-0.4, -0.2) is 55.4 Å². The minimum absolute atomic E-state index is 0.0975. The second-order valence-corrected chi connectivity index (χ2v) is 3.72. The summed E-state index contributed by atoms with van der Waals surface area (Å²) in [5, 5.41) is 10.9. The zero-order valence-electron chi connectivity index (χ0n) is 10.8. The summed E-state index contributed by atoms with van der Waals surface area (Å²) in [5.41, 5.74) is 0. The Balaban J connectivity index is 2.91. The number of methoxy groups -OCH3 is 2. The second kappa shape index (κ2) is 6.92. The van der Waals surface area contributed by atoms with Gasteiger partial charge in [0, 0.05) is 34.2 Å². The van der Waals surface area contributed by atoms with E-state index in [2.05, 4.69) is 9.97 Å². The van der Waals surface area contributed by atoms with Gasteiger partial charge in [0.1, 0.15) is 0 Å². The van der Waals surface area contributed by atoms with E-state index in [0.717, 1.165) is 0 Å². The van der Waals surface area contributed by atoms with Crippen LogP contribution in [-0.2, 0) is 9.47 Å². The number of rotatable bonds is 8. The third-order valence-electron chi connectivity index (χ3n) is 2.40. The topological polar surface area (TPSA) is 93.5 Å². The van der Waals surface area contributed by atoms with Crippen LogP contribution in [0.4, 0.5) is 11.6 Å². The van der Waals surface area contributed by atoms with Crippen LogP contribution in [0.5, 0.6) is 0 Å². The Labute approximate surface area is 105 Å². The zero-order chi connectivity index (χ0) is 13.5. The number of aromatic amines is 1. The minimum Gasteiger partial charge on any atom is -0.383 e. The molecular weight excluding hydrogens is 240 g/mol. The van der Waals surface area contributed by atoms with E-state index in [0.29, 0.717) is 37.9 Å². The molecule has 0 fully saturated rings. The van der Waals surface area contributed by atoms with Crippen molar-refractivity contribution in [2.75, 3.05) is 45.4 Å². The molecule has 1 aromatic rings. The summed E-state index contributed by atoms with van der Waals surface area (Å²) in [6, 6.07) is 0. The molecule has 0 spiro atoms. The van der Waals surface area contributed by atoms with Crippen LogP contribution in [0.25, 0.3) is 0 Å². The van der Waals surface area contributed by atoms with Crippen LogP contribution in [0.1, 0.15) is 5.82 Å². The monoisotopic (exact) mass is 258 g/mol. The largest absolute Gasteiger partial charge is 0.383 e. The fraction of sp³-hybridized carbons (Fsp3) is 0.700. The van der Waals surface area contributed by atoms with Crippen LogP contribution in [0.2, 0.25) is 0 Å². The van der Waals surface area contributed by atoms with Crippen molar-refractivity contribution in [3.05, 3.63) is 15.9 Å². The first-order chi connectivity index (χ1) is 8.60. The molecule has 0 bridgehead atoms. The van der Waals surface area contributed by atoms with Gasteiger partial charge in [0.05, 0.1) is 13.2 Å². The molecule has 1 rings (SSSR count). The van der Waals surface area contributed by atoms with Crippen molar-refractivity contribution in [2.45, 2.75) is 6.92 Å². The van der Waals surface area contributed by atoms with E-state index in [1.54, 1.807) is 26.0 Å². The number of nitro groups is 1. The molecule has 0 atom stereocenters. The average Bonchev–Trinajstić information content (AvgIpc) is 2.72. The number of nitrogens with zero attached hydrogens (tertiary/aromatic N) is 3. The van der Waals surface area contributed by atoms with Gasteiger partial charge >= 0.3 is 5.82 Å². The molecule has 0 aliphatic heterocycles. The number of hydrogen-bond donors (Lipinski definition) is 1. The van der Waals surface area contributed by atoms with E-state index in [-0.39, 0.29) is 5.82 Å². The summed E-state index contributed by atoms with van der Waals surface area (Å²) in [4.78, 5) is 19.0. The maximum atomic E-state index is 10.9. The number of ether oxygens (including phenoxy) is 2. The molecule has 0 saturated carbocycles. The van der Waals surface area contributed by atoms with E-state index in [4.69, 9.17) is 9.47 Å². The quantitative estimate of drug-likeness (QED) is 0.545. The Hall–Kier alpha value is -1.67. The minimum atomic E-state index is -0.470. The van der Waals surface area contributed by atoms with Gasteiger partial charge < -0.3 is 24.5 Å². The first kappa shape index (κ1) is 14.4. The Bertz CT molecular complexity index is 385. The average molecular weight is 258 g/mol. The van der Waals surface area contributed by atoms with E-state index in [9.17, 15) is 10.1 Å². The number of imidazole rings is 1. The summed E-state index contributed by atoms with van der Waals surface area (Å²) in [5.74, 6) is 0.739. The molecule has 102 valence electrons. The zero-order valence-corrected chi connectivity index (χ0v) is 10.8. The van der Waals surface area contributed by atoms with Crippen LogP contribution in [0.15, 0.2) is 0 Å². The Kier molecular flexibility index (Phi) is 5.53. The molecule has 0 radical (unpaired) electrons. The summed E-state index contributed by atoms with van der Waals surface area (Å²) in [6.07, 6.45) is 0. The number of anilines is 1. The molecule has 18 heavy (non-hydrogen) atoms. The van der Waals surface area contributed by atoms with E-state index < -0.39 is 4.92 Å². The SMILES string of the molecule is COCCN(CCOC)c1nc(C)[nH]c1[N+](=O)[O-]. The van der Waals surface area contributed by atoms with Crippen molar-refractivity contribution in [2.24, 2.45) is 0 Å². The van der Waals surface area contributed by atoms with Gasteiger partial charge in [-0.15, -0.1) is 0 Å². The fourth-order valence-electron chi connectivity index (χ4n) is 1.54. The predicted octanol–water partition coefficient (Wildman–Crippen LogP) is 0.726. The summed E-state index contributed by atoms with van der Waals surface area (Å²) < 4.78 is 9.98. The van der Waals surface area contributed by atoms with Gasteiger partial charge in [-0.05, 0) is 4.92 Å². The van der Waals surface area contributed by atoms with Gasteiger partial charge in [0.2, 0.25) is 5.82 Å². The maximum Gasteiger partial charge on any atom is 0.365 e. The third kappa shape index (κ3) is 3.67. The molecule has 0 unspecified atom stereocenters. The van der Waals surface area contributed by atoms with Crippen LogP contribution < -0.4 is 4.90 Å². The number of H-pyrrole nitrogens is 1. The number of nitrogens with one attached hydrogen (secondary N) is 1. The van der Waals surface area contributed by atoms with Gasteiger partial charge in [0.15, 0.2) is 5.82 Å². The molecule has 0 aromatic carbocycles. The van der Waals surface area contributed by atoms with Crippen molar-refractivity contribution in [1.29, 1.82) is 0 Å². The van der Waals surface area contributed by atoms with Gasteiger partial charge in [0.25, 0.3) is 0 Å². The summed E-state index contributed by atoms with van der Waals surface area (Å²) in [6.45, 7) is 3.65. The highest BCUT2D eigenvalue weighted by Gasteiger charge is 2.23. The van der Waals surface area contributed by atoms with Crippen molar-refractivity contribution >= 4 is 11.6 Å². The van der Waals surface area contributed by atoms with Crippen molar-refractivity contribution in [3.8, 4) is 0 Å². The predicted molar refractivity (Wildman–Crippen MR) is 65.9 cm³/mol. The highest BCUT2D eigenvalue weighted by Crippen LogP contribution is 2.24. The smallest absolute Gasteiger partial charge is 0.365 e. The number of aromatic nitrogens is 2. The van der Waals surface area contributed by atoms with Gasteiger partial charge in [-0.1, -0.05) is 0 Å². The standard InChI is InChI=1S/C10H18N4O4/c1-8-11-9(10(12-8)14(15)16)13(4-6-17-2)5-7-18-3/h4-7H2,1-3H3,(H,11,12). The first-order valence-corrected chi connectivity index (χ1v) is 5.54. The number of hydrogen-bond acceptors (Lipinski definition) is 6. The molecule has 8 heteroatoms. The molecule has 0 aliphatic rings. The van der Waals surface area contributed by atoms with E-state index in [1.807, 2.05) is 0 Å². The molecule has 0 saturated heterocycles. The van der Waals surface area contributed by atoms with E-state index >= 15 is 0 Å². The molecule has 1 N–H and O–H groups in total. The highest BCUT2D eigenvalue weighted by atomic mass is 16.6. The van der Waals surface area contributed by atoms with Gasteiger partial charge in [-0.2, -0.15) is 4.98 Å². The van der Waals surface area contributed by atoms with E-state index in [1.165, 1.54) is 0 Å². The second-order valence-electron chi connectivity index (χ2n) is 3.72. The molecule has 1 aromatic heterocycles. The Morgan fingerprint density at radius 2 is 1.89 bits per heavy atom. The van der Waals surface area contributed by atoms with Crippen molar-refractivity contribution in [1.82, 2.24) is 9.97 Å². The Morgan fingerprint density at radius 3 is 2.33 bits per heavy atom. The maximum absolute atomic E-state index is 10.9. The van der Waals surface area contributed by atoms with Gasteiger partial charge in [-0.3, -0.25) is 0 Å². The molecule has 1 heterocycles. The highest BCUT2D eigenvalue weighted by molar-refractivity contribution is 5.54. The van der Waals surface area contributed by atoms with Crippen LogP contribution >= 0.6 is 0 Å². The van der Waals surface area contributed by atoms with Gasteiger partial charge in [-0.25, -0.2) is 4.98 Å². The normalized spacial score (nSPS) is 10.6. The van der Waals surface area contributed by atoms with Crippen molar-refractivity contribution < 1.29 is 14.4 Å². The molecule has 0 amide bonds. The third-order valence-corrected chi connectivity index (χ3v) is 2.40. The van der Waals surface area contributed by atoms with Crippen LogP contribution in [0, 0.1) is 17.0 Å². The molecule has 0 aliphatic carbocycles. The van der Waals surface area contributed by atoms with Crippen molar-refractivity contribution in [3.63, 3.8) is 0 Å². The Morgan fingerprint density at radius 1 is 1.33 bits per heavy atom. The number of aryl methyl sites for hydroxylation is 1. The lowest BCUT2D eigenvalue weighted by atomic mass is 10.4. The lowest BCUT2D eigenvalue weighted by Gasteiger charge is -2.20. The lowest BCUT2D eigenvalue weighted by molar-refractivity contribution is -0.388.